The van der Waals surface area contributed by atoms with E-state index in [1.807, 2.05) is 11.9 Å². The highest BCUT2D eigenvalue weighted by Crippen LogP contribution is 2.38. The van der Waals surface area contributed by atoms with Crippen LogP contribution in [0.5, 0.6) is 0 Å². The summed E-state index contributed by atoms with van der Waals surface area (Å²) in [6.45, 7) is 3.98. The van der Waals surface area contributed by atoms with Gasteiger partial charge in [0.15, 0.2) is 0 Å². The third-order valence-corrected chi connectivity index (χ3v) is 4.54. The highest BCUT2D eigenvalue weighted by Gasteiger charge is 2.35. The van der Waals surface area contributed by atoms with Crippen molar-refractivity contribution in [3.05, 3.63) is 35.4 Å². The van der Waals surface area contributed by atoms with Crippen molar-refractivity contribution < 1.29 is 4.79 Å². The second-order valence-electron chi connectivity index (χ2n) is 6.10. The van der Waals surface area contributed by atoms with Crippen LogP contribution in [0.15, 0.2) is 24.3 Å². The van der Waals surface area contributed by atoms with Gasteiger partial charge in [0.2, 0.25) is 5.91 Å². The lowest BCUT2D eigenvalue weighted by atomic mass is 9.95. The van der Waals surface area contributed by atoms with E-state index in [2.05, 4.69) is 36.5 Å². The maximum atomic E-state index is 12.4. The summed E-state index contributed by atoms with van der Waals surface area (Å²) in [5.41, 5.74) is 2.64. The highest BCUT2D eigenvalue weighted by atomic mass is 16.2. The van der Waals surface area contributed by atoms with Crippen molar-refractivity contribution in [3.8, 4) is 0 Å². The second kappa shape index (κ2) is 4.97. The predicted molar refractivity (Wildman–Crippen MR) is 75.7 cm³/mol. The molecule has 2 aliphatic rings. The van der Waals surface area contributed by atoms with Crippen LogP contribution in [0.25, 0.3) is 0 Å². The number of carbonyl (C=O) groups excluding carboxylic acids is 1. The number of benzene rings is 1. The van der Waals surface area contributed by atoms with Gasteiger partial charge in [0.25, 0.3) is 0 Å². The van der Waals surface area contributed by atoms with Gasteiger partial charge in [-0.2, -0.15) is 0 Å². The van der Waals surface area contributed by atoms with Gasteiger partial charge in [-0.05, 0) is 35.8 Å². The Balaban J connectivity index is 1.62. The Kier molecular flexibility index (Phi) is 3.31. The maximum Gasteiger partial charge on any atom is 0.239 e. The smallest absolute Gasteiger partial charge is 0.239 e. The van der Waals surface area contributed by atoms with Gasteiger partial charge in [0.05, 0.1) is 6.04 Å². The first kappa shape index (κ1) is 12.7. The van der Waals surface area contributed by atoms with Crippen LogP contribution in [0.4, 0.5) is 0 Å². The van der Waals surface area contributed by atoms with Crippen LogP contribution >= 0.6 is 0 Å². The summed E-state index contributed by atoms with van der Waals surface area (Å²) < 4.78 is 0. The van der Waals surface area contributed by atoms with Gasteiger partial charge < -0.3 is 10.2 Å². The SMILES string of the molecule is CC1CC1CN(C)C(=O)[C@H]1Cc2ccccc2CN1. The normalized spacial score (nSPS) is 28.6. The van der Waals surface area contributed by atoms with Crippen molar-refractivity contribution in [1.29, 1.82) is 0 Å². The van der Waals surface area contributed by atoms with Gasteiger partial charge in [-0.3, -0.25) is 4.79 Å². The molecule has 1 aliphatic heterocycles. The number of nitrogens with zero attached hydrogens (tertiary/aromatic N) is 1. The third kappa shape index (κ3) is 2.66. The molecule has 1 aliphatic carbocycles. The molecule has 0 spiro atoms. The number of hydrogen-bond acceptors (Lipinski definition) is 2. The fourth-order valence-electron chi connectivity index (χ4n) is 2.99. The van der Waals surface area contributed by atoms with Crippen LogP contribution in [0.3, 0.4) is 0 Å². The first-order valence-electron chi connectivity index (χ1n) is 7.20. The lowest BCUT2D eigenvalue weighted by Gasteiger charge is -2.29. The van der Waals surface area contributed by atoms with Crippen molar-refractivity contribution in [1.82, 2.24) is 10.2 Å². The standard InChI is InChI=1S/C16H22N2O/c1-11-7-14(11)10-18(2)16(19)15-8-12-5-3-4-6-13(12)9-17-15/h3-6,11,14-15,17H,7-10H2,1-2H3/t11?,14?,15-/m1/s1. The molecule has 0 radical (unpaired) electrons. The summed E-state index contributed by atoms with van der Waals surface area (Å²) in [5, 5.41) is 3.37. The molecule has 1 aromatic carbocycles. The summed E-state index contributed by atoms with van der Waals surface area (Å²) >= 11 is 0. The van der Waals surface area contributed by atoms with Gasteiger partial charge in [0.1, 0.15) is 0 Å². The average molecular weight is 258 g/mol. The minimum Gasteiger partial charge on any atom is -0.344 e. The Morgan fingerprint density at radius 1 is 1.37 bits per heavy atom. The zero-order valence-electron chi connectivity index (χ0n) is 11.7. The number of carbonyl (C=O) groups is 1. The Hall–Kier alpha value is -1.35. The van der Waals surface area contributed by atoms with Crippen molar-refractivity contribution >= 4 is 5.91 Å². The average Bonchev–Trinajstić information content (AvgIpc) is 3.12. The van der Waals surface area contributed by atoms with Crippen molar-refractivity contribution in [2.75, 3.05) is 13.6 Å². The van der Waals surface area contributed by atoms with Gasteiger partial charge >= 0.3 is 0 Å². The molecule has 0 aromatic heterocycles. The van der Waals surface area contributed by atoms with E-state index in [0.29, 0.717) is 0 Å². The van der Waals surface area contributed by atoms with Crippen molar-refractivity contribution in [2.24, 2.45) is 11.8 Å². The van der Waals surface area contributed by atoms with E-state index in [-0.39, 0.29) is 11.9 Å². The van der Waals surface area contributed by atoms with E-state index in [4.69, 9.17) is 0 Å². The van der Waals surface area contributed by atoms with Gasteiger partial charge in [-0.15, -0.1) is 0 Å². The van der Waals surface area contributed by atoms with Crippen LogP contribution in [0.2, 0.25) is 0 Å². The molecule has 1 heterocycles. The van der Waals surface area contributed by atoms with Crippen LogP contribution in [0, 0.1) is 11.8 Å². The molecule has 3 rings (SSSR count). The minimum absolute atomic E-state index is 0.0473. The van der Waals surface area contributed by atoms with Crippen LogP contribution in [0.1, 0.15) is 24.5 Å². The Bertz CT molecular complexity index is 485. The van der Waals surface area contributed by atoms with E-state index >= 15 is 0 Å². The van der Waals surface area contributed by atoms with Gasteiger partial charge in [-0.25, -0.2) is 0 Å². The van der Waals surface area contributed by atoms with E-state index in [1.165, 1.54) is 17.5 Å². The first-order valence-corrected chi connectivity index (χ1v) is 7.20. The number of amides is 1. The molecule has 2 unspecified atom stereocenters. The summed E-state index contributed by atoms with van der Waals surface area (Å²) in [4.78, 5) is 14.4. The minimum atomic E-state index is -0.0473. The van der Waals surface area contributed by atoms with Crippen LogP contribution in [-0.2, 0) is 17.8 Å². The molecule has 1 saturated carbocycles. The predicted octanol–water partition coefficient (Wildman–Crippen LogP) is 1.82. The summed E-state index contributed by atoms with van der Waals surface area (Å²) in [6, 6.07) is 8.34. The zero-order valence-corrected chi connectivity index (χ0v) is 11.7. The molecule has 3 atom stereocenters. The topological polar surface area (TPSA) is 32.3 Å². The van der Waals surface area contributed by atoms with Crippen molar-refractivity contribution in [3.63, 3.8) is 0 Å². The largest absolute Gasteiger partial charge is 0.344 e. The fraction of sp³-hybridized carbons (Fsp3) is 0.562. The number of fused-ring (bicyclic) bond motifs is 1. The fourth-order valence-corrected chi connectivity index (χ4v) is 2.99. The van der Waals surface area contributed by atoms with Crippen LogP contribution < -0.4 is 5.32 Å². The number of rotatable bonds is 3. The maximum absolute atomic E-state index is 12.4. The molecular weight excluding hydrogens is 236 g/mol. The summed E-state index contributed by atoms with van der Waals surface area (Å²) in [6.07, 6.45) is 2.10. The summed E-state index contributed by atoms with van der Waals surface area (Å²) in [5.74, 6) is 1.77. The molecule has 1 fully saturated rings. The molecule has 0 bridgehead atoms. The molecule has 0 saturated heterocycles. The molecule has 3 nitrogen and oxygen atoms in total. The zero-order chi connectivity index (χ0) is 13.4. The van der Waals surface area contributed by atoms with E-state index in [0.717, 1.165) is 31.3 Å². The Morgan fingerprint density at radius 2 is 2.05 bits per heavy atom. The Labute approximate surface area is 115 Å². The third-order valence-electron chi connectivity index (χ3n) is 4.54. The molecule has 102 valence electrons. The second-order valence-corrected chi connectivity index (χ2v) is 6.10. The molecular formula is C16H22N2O. The van der Waals surface area contributed by atoms with Gasteiger partial charge in [0, 0.05) is 20.1 Å². The molecule has 1 N–H and O–H groups in total. The number of likely N-dealkylation sites (N-methyl/N-ethyl adjacent to an activating group) is 1. The quantitative estimate of drug-likeness (QED) is 0.897. The number of hydrogen-bond donors (Lipinski definition) is 1. The van der Waals surface area contributed by atoms with E-state index < -0.39 is 0 Å². The lowest BCUT2D eigenvalue weighted by Crippen LogP contribution is -2.48. The summed E-state index contributed by atoms with van der Waals surface area (Å²) in [7, 11) is 1.94. The van der Waals surface area contributed by atoms with Crippen molar-refractivity contribution in [2.45, 2.75) is 32.4 Å². The highest BCUT2D eigenvalue weighted by molar-refractivity contribution is 5.82. The Morgan fingerprint density at radius 3 is 2.74 bits per heavy atom. The molecule has 1 aromatic rings. The van der Waals surface area contributed by atoms with E-state index in [9.17, 15) is 4.79 Å². The van der Waals surface area contributed by atoms with Gasteiger partial charge in [-0.1, -0.05) is 31.2 Å². The molecule has 1 amide bonds. The monoisotopic (exact) mass is 258 g/mol. The van der Waals surface area contributed by atoms with Crippen LogP contribution in [-0.4, -0.2) is 30.4 Å². The number of nitrogens with one attached hydrogen (secondary N) is 1. The molecule has 3 heteroatoms. The lowest BCUT2D eigenvalue weighted by molar-refractivity contribution is -0.132. The molecule has 19 heavy (non-hydrogen) atoms. The van der Waals surface area contributed by atoms with E-state index in [1.54, 1.807) is 0 Å². The first-order chi connectivity index (χ1) is 9.15.